The van der Waals surface area contributed by atoms with Gasteiger partial charge in [0.2, 0.25) is 0 Å². The Morgan fingerprint density at radius 2 is 2.22 bits per heavy atom. The van der Waals surface area contributed by atoms with Gasteiger partial charge in [0, 0.05) is 6.54 Å². The molecule has 1 saturated carbocycles. The molecule has 1 fully saturated rings. The number of carbonyl (C=O) groups is 1. The van der Waals surface area contributed by atoms with Crippen LogP contribution in [-0.4, -0.2) is 18.1 Å². The molecule has 0 saturated heterocycles. The Morgan fingerprint density at radius 3 is 2.33 bits per heavy atom. The van der Waals surface area contributed by atoms with Crippen LogP contribution in [-0.2, 0) is 0 Å². The van der Waals surface area contributed by atoms with E-state index in [1.165, 1.54) is 0 Å². The fourth-order valence-electron chi connectivity index (χ4n) is 0.792. The minimum absolute atomic E-state index is 0.133. The van der Waals surface area contributed by atoms with Crippen LogP contribution in [0.15, 0.2) is 0 Å². The van der Waals surface area contributed by atoms with Crippen LogP contribution in [0.25, 0.3) is 0 Å². The van der Waals surface area contributed by atoms with Crippen molar-refractivity contribution in [2.75, 3.05) is 6.54 Å². The standard InChI is InChI=1S/C5H11N3O/c6-3-5(1-2-5)8-4(7)9/h1-3,6H2,(H3,7,8,9). The highest BCUT2D eigenvalue weighted by Crippen LogP contribution is 2.33. The van der Waals surface area contributed by atoms with Crippen LogP contribution in [0.2, 0.25) is 0 Å². The molecule has 0 heterocycles. The number of rotatable bonds is 2. The Hall–Kier alpha value is -0.770. The molecule has 0 bridgehead atoms. The summed E-state index contributed by atoms with van der Waals surface area (Å²) in [6.07, 6.45) is 1.93. The van der Waals surface area contributed by atoms with Gasteiger partial charge in [0.15, 0.2) is 0 Å². The molecule has 9 heavy (non-hydrogen) atoms. The smallest absolute Gasteiger partial charge is 0.312 e. The lowest BCUT2D eigenvalue weighted by molar-refractivity contribution is 0.244. The van der Waals surface area contributed by atoms with Gasteiger partial charge in [-0.3, -0.25) is 0 Å². The molecule has 5 N–H and O–H groups in total. The normalized spacial score (nSPS) is 21.0. The third-order valence-corrected chi connectivity index (χ3v) is 1.63. The van der Waals surface area contributed by atoms with Gasteiger partial charge in [-0.1, -0.05) is 0 Å². The van der Waals surface area contributed by atoms with E-state index >= 15 is 0 Å². The number of carbonyl (C=O) groups excluding carboxylic acids is 1. The summed E-state index contributed by atoms with van der Waals surface area (Å²) in [7, 11) is 0. The van der Waals surface area contributed by atoms with Gasteiger partial charge in [-0.2, -0.15) is 0 Å². The van der Waals surface area contributed by atoms with Crippen molar-refractivity contribution >= 4 is 6.03 Å². The summed E-state index contributed by atoms with van der Waals surface area (Å²) in [6, 6.07) is -0.474. The van der Waals surface area contributed by atoms with Gasteiger partial charge in [-0.15, -0.1) is 0 Å². The number of amides is 2. The van der Waals surface area contributed by atoms with E-state index < -0.39 is 6.03 Å². The van der Waals surface area contributed by atoms with Gasteiger partial charge >= 0.3 is 6.03 Å². The van der Waals surface area contributed by atoms with Crippen molar-refractivity contribution in [1.29, 1.82) is 0 Å². The number of hydrogen-bond acceptors (Lipinski definition) is 2. The molecule has 1 rings (SSSR count). The van der Waals surface area contributed by atoms with E-state index in [9.17, 15) is 4.79 Å². The molecule has 2 amide bonds. The highest BCUT2D eigenvalue weighted by atomic mass is 16.2. The number of primary amides is 1. The van der Waals surface area contributed by atoms with Gasteiger partial charge < -0.3 is 16.8 Å². The van der Waals surface area contributed by atoms with Crippen LogP contribution in [0.4, 0.5) is 4.79 Å². The lowest BCUT2D eigenvalue weighted by atomic mass is 10.3. The monoisotopic (exact) mass is 129 g/mol. The summed E-state index contributed by atoms with van der Waals surface area (Å²) >= 11 is 0. The Bertz CT molecular complexity index is 130. The lowest BCUT2D eigenvalue weighted by Gasteiger charge is -2.11. The molecule has 0 aromatic carbocycles. The van der Waals surface area contributed by atoms with Crippen LogP contribution in [0.1, 0.15) is 12.8 Å². The van der Waals surface area contributed by atoms with Crippen molar-refractivity contribution in [3.05, 3.63) is 0 Å². The van der Waals surface area contributed by atoms with E-state index in [1.807, 2.05) is 0 Å². The van der Waals surface area contributed by atoms with E-state index in [0.29, 0.717) is 6.54 Å². The Kier molecular flexibility index (Phi) is 1.32. The minimum atomic E-state index is -0.474. The van der Waals surface area contributed by atoms with Crippen molar-refractivity contribution in [2.45, 2.75) is 18.4 Å². The molecule has 0 aromatic heterocycles. The van der Waals surface area contributed by atoms with Crippen molar-refractivity contribution < 1.29 is 4.79 Å². The molecule has 0 aliphatic heterocycles. The zero-order chi connectivity index (χ0) is 6.91. The van der Waals surface area contributed by atoms with Crippen LogP contribution < -0.4 is 16.8 Å². The van der Waals surface area contributed by atoms with E-state index in [4.69, 9.17) is 11.5 Å². The molecule has 0 atom stereocenters. The maximum atomic E-state index is 10.3. The van der Waals surface area contributed by atoms with Gasteiger partial charge in [-0.05, 0) is 12.8 Å². The summed E-state index contributed by atoms with van der Waals surface area (Å²) in [4.78, 5) is 10.3. The fourth-order valence-corrected chi connectivity index (χ4v) is 0.792. The first kappa shape index (κ1) is 6.35. The Labute approximate surface area is 53.6 Å². The Balaban J connectivity index is 2.33. The summed E-state index contributed by atoms with van der Waals surface area (Å²) in [5.74, 6) is 0. The minimum Gasteiger partial charge on any atom is -0.352 e. The van der Waals surface area contributed by atoms with Gasteiger partial charge in [0.25, 0.3) is 0 Å². The van der Waals surface area contributed by atoms with Crippen molar-refractivity contribution in [1.82, 2.24) is 5.32 Å². The third kappa shape index (κ3) is 1.32. The number of nitrogens with two attached hydrogens (primary N) is 2. The summed E-state index contributed by atoms with van der Waals surface area (Å²) in [6.45, 7) is 0.496. The molecule has 0 unspecified atom stereocenters. The SMILES string of the molecule is NCC1(NC(N)=O)CC1. The van der Waals surface area contributed by atoms with Gasteiger partial charge in [0.1, 0.15) is 0 Å². The molecule has 4 heteroatoms. The fraction of sp³-hybridized carbons (Fsp3) is 0.800. The molecular weight excluding hydrogens is 118 g/mol. The number of hydrogen-bond donors (Lipinski definition) is 3. The average Bonchev–Trinajstić information content (AvgIpc) is 2.48. The molecular formula is C5H11N3O. The Morgan fingerprint density at radius 1 is 1.67 bits per heavy atom. The topological polar surface area (TPSA) is 81.1 Å². The molecule has 1 aliphatic carbocycles. The van der Waals surface area contributed by atoms with E-state index in [-0.39, 0.29) is 5.54 Å². The molecule has 4 nitrogen and oxygen atoms in total. The number of urea groups is 1. The second kappa shape index (κ2) is 1.88. The van der Waals surface area contributed by atoms with Crippen molar-refractivity contribution in [3.63, 3.8) is 0 Å². The molecule has 0 spiro atoms. The highest BCUT2D eigenvalue weighted by Gasteiger charge is 2.42. The van der Waals surface area contributed by atoms with Crippen molar-refractivity contribution in [2.24, 2.45) is 11.5 Å². The maximum absolute atomic E-state index is 10.3. The van der Waals surface area contributed by atoms with Crippen LogP contribution in [0.5, 0.6) is 0 Å². The van der Waals surface area contributed by atoms with E-state index in [2.05, 4.69) is 5.32 Å². The second-order valence-corrected chi connectivity index (χ2v) is 2.47. The zero-order valence-corrected chi connectivity index (χ0v) is 5.18. The van der Waals surface area contributed by atoms with Gasteiger partial charge in [-0.25, -0.2) is 4.79 Å². The largest absolute Gasteiger partial charge is 0.352 e. The molecule has 52 valence electrons. The quantitative estimate of drug-likeness (QED) is 0.453. The molecule has 0 radical (unpaired) electrons. The van der Waals surface area contributed by atoms with Crippen molar-refractivity contribution in [3.8, 4) is 0 Å². The lowest BCUT2D eigenvalue weighted by Crippen LogP contribution is -2.45. The van der Waals surface area contributed by atoms with Crippen LogP contribution in [0.3, 0.4) is 0 Å². The predicted molar refractivity (Wildman–Crippen MR) is 33.7 cm³/mol. The van der Waals surface area contributed by atoms with Crippen LogP contribution in [0, 0.1) is 0 Å². The first-order chi connectivity index (χ1) is 4.18. The summed E-state index contributed by atoms with van der Waals surface area (Å²) < 4.78 is 0. The zero-order valence-electron chi connectivity index (χ0n) is 5.18. The van der Waals surface area contributed by atoms with E-state index in [1.54, 1.807) is 0 Å². The summed E-state index contributed by atoms with van der Waals surface area (Å²) in [5.41, 5.74) is 10.1. The first-order valence-electron chi connectivity index (χ1n) is 2.96. The van der Waals surface area contributed by atoms with Gasteiger partial charge in [0.05, 0.1) is 5.54 Å². The molecule has 1 aliphatic rings. The predicted octanol–water partition coefficient (Wildman–Crippen LogP) is -0.854. The molecule has 0 aromatic rings. The van der Waals surface area contributed by atoms with Crippen LogP contribution >= 0.6 is 0 Å². The summed E-state index contributed by atoms with van der Waals surface area (Å²) in [5, 5.41) is 2.59. The third-order valence-electron chi connectivity index (χ3n) is 1.63. The maximum Gasteiger partial charge on any atom is 0.312 e. The first-order valence-corrected chi connectivity index (χ1v) is 2.96. The second-order valence-electron chi connectivity index (χ2n) is 2.47. The number of nitrogens with one attached hydrogen (secondary N) is 1. The average molecular weight is 129 g/mol. The van der Waals surface area contributed by atoms with E-state index in [0.717, 1.165) is 12.8 Å². The highest BCUT2D eigenvalue weighted by molar-refractivity contribution is 5.73.